The summed E-state index contributed by atoms with van der Waals surface area (Å²) in [5.41, 5.74) is 0. The predicted molar refractivity (Wildman–Crippen MR) is 73.3 cm³/mol. The number of hydrogen-bond donors (Lipinski definition) is 0. The highest BCUT2D eigenvalue weighted by Crippen LogP contribution is 2.33. The van der Waals surface area contributed by atoms with Crippen molar-refractivity contribution in [1.82, 2.24) is 4.31 Å². The Hall–Kier alpha value is 0.340. The van der Waals surface area contributed by atoms with E-state index in [4.69, 9.17) is 16.3 Å². The molecular weight excluding hydrogens is 350 g/mol. The van der Waals surface area contributed by atoms with Crippen LogP contribution in [0.15, 0.2) is 14.7 Å². The third-order valence-electron chi connectivity index (χ3n) is 2.14. The van der Waals surface area contributed by atoms with Gasteiger partial charge in [0.15, 0.2) is 0 Å². The molecule has 0 unspecified atom stereocenters. The van der Waals surface area contributed by atoms with Crippen molar-refractivity contribution in [2.75, 3.05) is 27.3 Å². The summed E-state index contributed by atoms with van der Waals surface area (Å²) in [6.07, 6.45) is 0. The van der Waals surface area contributed by atoms with Crippen LogP contribution in [0.25, 0.3) is 0 Å². The van der Waals surface area contributed by atoms with Crippen molar-refractivity contribution in [3.8, 4) is 0 Å². The molecule has 1 heterocycles. The molecule has 0 saturated heterocycles. The van der Waals surface area contributed by atoms with Crippen LogP contribution in [-0.4, -0.2) is 40.0 Å². The molecule has 0 N–H and O–H groups in total. The largest absolute Gasteiger partial charge is 0.383 e. The first-order valence-electron chi connectivity index (χ1n) is 4.73. The van der Waals surface area contributed by atoms with Crippen LogP contribution in [0.4, 0.5) is 0 Å². The van der Waals surface area contributed by atoms with Gasteiger partial charge in [0.2, 0.25) is 10.0 Å². The first-order chi connectivity index (χ1) is 7.93. The third kappa shape index (κ3) is 3.65. The van der Waals surface area contributed by atoms with Gasteiger partial charge in [-0.1, -0.05) is 0 Å². The van der Waals surface area contributed by atoms with E-state index in [-0.39, 0.29) is 4.90 Å². The normalized spacial score (nSPS) is 12.3. The number of methoxy groups -OCH3 is 1. The summed E-state index contributed by atoms with van der Waals surface area (Å²) in [4.78, 5) is 1.08. The Morgan fingerprint density at radius 2 is 2.24 bits per heavy atom. The van der Waals surface area contributed by atoms with E-state index in [1.165, 1.54) is 29.8 Å². The lowest BCUT2D eigenvalue weighted by molar-refractivity contribution is 0.185. The van der Waals surface area contributed by atoms with Gasteiger partial charge in [-0.2, -0.15) is 4.31 Å². The van der Waals surface area contributed by atoms with E-state index in [0.717, 1.165) is 4.88 Å². The summed E-state index contributed by atoms with van der Waals surface area (Å²) in [6, 6.07) is 1.60. The minimum absolute atomic E-state index is 0.261. The Labute approximate surface area is 119 Å². The van der Waals surface area contributed by atoms with Gasteiger partial charge in [0.25, 0.3) is 0 Å². The number of rotatable bonds is 6. The molecule has 8 heteroatoms. The number of halogens is 2. The lowest BCUT2D eigenvalue weighted by Gasteiger charge is -2.15. The number of thiophene rings is 1. The van der Waals surface area contributed by atoms with Gasteiger partial charge >= 0.3 is 0 Å². The molecule has 0 spiro atoms. The van der Waals surface area contributed by atoms with Crippen LogP contribution >= 0.6 is 38.9 Å². The maximum absolute atomic E-state index is 12.2. The van der Waals surface area contributed by atoms with Gasteiger partial charge in [0, 0.05) is 25.6 Å². The molecule has 1 aromatic rings. The standard InChI is InChI=1S/C9H13BrClNO3S2/c1-12(3-4-15-2)17(13,14)8-5-7(6-11)16-9(8)10/h5H,3-4,6H2,1-2H3. The van der Waals surface area contributed by atoms with Gasteiger partial charge in [-0.15, -0.1) is 22.9 Å². The van der Waals surface area contributed by atoms with Gasteiger partial charge in [-0.05, 0) is 22.0 Å². The Kier molecular flexibility index (Phi) is 5.88. The van der Waals surface area contributed by atoms with E-state index in [1.807, 2.05) is 0 Å². The Morgan fingerprint density at radius 1 is 1.59 bits per heavy atom. The van der Waals surface area contributed by atoms with Crippen molar-refractivity contribution < 1.29 is 13.2 Å². The number of ether oxygens (including phenoxy) is 1. The summed E-state index contributed by atoms with van der Waals surface area (Å²) >= 11 is 10.3. The number of hydrogen-bond acceptors (Lipinski definition) is 4. The molecule has 17 heavy (non-hydrogen) atoms. The first-order valence-corrected chi connectivity index (χ1v) is 8.31. The van der Waals surface area contributed by atoms with E-state index >= 15 is 0 Å². The lowest BCUT2D eigenvalue weighted by Crippen LogP contribution is -2.30. The molecule has 0 aliphatic carbocycles. The second-order valence-corrected chi connectivity index (χ2v) is 8.04. The van der Waals surface area contributed by atoms with Gasteiger partial charge in [-0.3, -0.25) is 0 Å². The molecule has 0 aliphatic heterocycles. The van der Waals surface area contributed by atoms with Crippen molar-refractivity contribution in [1.29, 1.82) is 0 Å². The number of alkyl halides is 1. The molecule has 0 atom stereocenters. The van der Waals surface area contributed by atoms with Gasteiger partial charge < -0.3 is 4.74 Å². The smallest absolute Gasteiger partial charge is 0.244 e. The molecular formula is C9H13BrClNO3S2. The predicted octanol–water partition coefficient (Wildman–Crippen LogP) is 2.52. The van der Waals surface area contributed by atoms with Crippen molar-refractivity contribution in [2.45, 2.75) is 10.8 Å². The zero-order valence-electron chi connectivity index (χ0n) is 9.44. The van der Waals surface area contributed by atoms with Crippen LogP contribution < -0.4 is 0 Å². The maximum Gasteiger partial charge on any atom is 0.244 e. The molecule has 4 nitrogen and oxygen atoms in total. The third-order valence-corrected chi connectivity index (χ3v) is 6.69. The number of sulfonamides is 1. The van der Waals surface area contributed by atoms with Gasteiger partial charge in [0.05, 0.1) is 16.3 Å². The van der Waals surface area contributed by atoms with Gasteiger partial charge in [-0.25, -0.2) is 8.42 Å². The topological polar surface area (TPSA) is 46.6 Å². The van der Waals surface area contributed by atoms with Crippen LogP contribution in [0.3, 0.4) is 0 Å². The second kappa shape index (κ2) is 6.49. The molecule has 1 aromatic heterocycles. The quantitative estimate of drug-likeness (QED) is 0.731. The monoisotopic (exact) mass is 361 g/mol. The van der Waals surface area contributed by atoms with Crippen LogP contribution in [0.5, 0.6) is 0 Å². The first kappa shape index (κ1) is 15.4. The maximum atomic E-state index is 12.2. The van der Waals surface area contributed by atoms with Gasteiger partial charge in [0.1, 0.15) is 4.90 Å². The summed E-state index contributed by atoms with van der Waals surface area (Å²) in [5, 5.41) is 0. The van der Waals surface area contributed by atoms with E-state index in [9.17, 15) is 8.42 Å². The molecule has 0 bridgehead atoms. The number of nitrogens with zero attached hydrogens (tertiary/aromatic N) is 1. The summed E-state index contributed by atoms with van der Waals surface area (Å²) in [6.45, 7) is 0.678. The number of likely N-dealkylation sites (N-methyl/N-ethyl adjacent to an activating group) is 1. The van der Waals surface area contributed by atoms with Crippen LogP contribution in [0.2, 0.25) is 0 Å². The Morgan fingerprint density at radius 3 is 2.71 bits per heavy atom. The lowest BCUT2D eigenvalue weighted by atomic mass is 10.5. The van der Waals surface area contributed by atoms with E-state index in [1.54, 1.807) is 6.07 Å². The average Bonchev–Trinajstić information content (AvgIpc) is 2.67. The Bertz CT molecular complexity index is 475. The fourth-order valence-electron chi connectivity index (χ4n) is 1.15. The highest BCUT2D eigenvalue weighted by atomic mass is 79.9. The summed E-state index contributed by atoms with van der Waals surface area (Å²) in [7, 11) is -0.412. The Balaban J connectivity index is 2.99. The minimum atomic E-state index is -3.47. The van der Waals surface area contributed by atoms with Crippen LogP contribution in [0.1, 0.15) is 4.88 Å². The second-order valence-electron chi connectivity index (χ2n) is 3.30. The zero-order valence-corrected chi connectivity index (χ0v) is 13.4. The summed E-state index contributed by atoms with van der Waals surface area (Å²) < 4.78 is 31.1. The molecule has 1 rings (SSSR count). The van der Waals surface area contributed by atoms with Crippen LogP contribution in [0, 0.1) is 0 Å². The van der Waals surface area contributed by atoms with E-state index in [0.29, 0.717) is 22.8 Å². The molecule has 0 saturated carbocycles. The van der Waals surface area contributed by atoms with Crippen molar-refractivity contribution in [2.24, 2.45) is 0 Å². The molecule has 98 valence electrons. The van der Waals surface area contributed by atoms with Crippen molar-refractivity contribution in [3.63, 3.8) is 0 Å². The fourth-order valence-corrected chi connectivity index (χ4v) is 5.02. The average molecular weight is 363 g/mol. The zero-order chi connectivity index (χ0) is 13.1. The molecule has 0 radical (unpaired) electrons. The summed E-state index contributed by atoms with van der Waals surface area (Å²) in [5.74, 6) is 0.306. The SMILES string of the molecule is COCCN(C)S(=O)(=O)c1cc(CCl)sc1Br. The highest BCUT2D eigenvalue weighted by Gasteiger charge is 2.25. The van der Waals surface area contributed by atoms with Crippen LogP contribution in [-0.2, 0) is 20.6 Å². The molecule has 0 aliphatic rings. The molecule has 0 amide bonds. The molecule has 0 fully saturated rings. The highest BCUT2D eigenvalue weighted by molar-refractivity contribution is 9.11. The fraction of sp³-hybridized carbons (Fsp3) is 0.556. The van der Waals surface area contributed by atoms with E-state index in [2.05, 4.69) is 15.9 Å². The minimum Gasteiger partial charge on any atom is -0.383 e. The van der Waals surface area contributed by atoms with E-state index < -0.39 is 10.0 Å². The van der Waals surface area contributed by atoms with Crippen molar-refractivity contribution in [3.05, 3.63) is 14.7 Å². The van der Waals surface area contributed by atoms with Crippen molar-refractivity contribution >= 4 is 48.9 Å². The molecule has 0 aromatic carbocycles.